The van der Waals surface area contributed by atoms with Gasteiger partial charge in [-0.25, -0.2) is 19.6 Å². The number of aromatic nitrogens is 3. The van der Waals surface area contributed by atoms with E-state index in [-0.39, 0.29) is 11.5 Å². The van der Waals surface area contributed by atoms with Crippen LogP contribution in [-0.2, 0) is 4.74 Å². The van der Waals surface area contributed by atoms with Crippen molar-refractivity contribution in [1.29, 1.82) is 0 Å². The summed E-state index contributed by atoms with van der Waals surface area (Å²) >= 11 is 0. The zero-order valence-electron chi connectivity index (χ0n) is 21.0. The van der Waals surface area contributed by atoms with Crippen LogP contribution in [0.1, 0.15) is 36.9 Å². The number of ether oxygens (including phenoxy) is 2. The van der Waals surface area contributed by atoms with Crippen LogP contribution in [0.2, 0.25) is 0 Å². The summed E-state index contributed by atoms with van der Waals surface area (Å²) in [6.07, 6.45) is 4.71. The average molecular weight is 509 g/mol. The highest BCUT2D eigenvalue weighted by atomic mass is 19.2. The first-order valence-corrected chi connectivity index (χ1v) is 12.1. The minimum Gasteiger partial charge on any atom is -0.479 e. The molecule has 194 valence electrons. The van der Waals surface area contributed by atoms with Crippen molar-refractivity contribution in [2.75, 3.05) is 27.4 Å². The number of halogens is 2. The molecule has 1 atom stereocenters. The molecule has 3 aromatic heterocycles. The van der Waals surface area contributed by atoms with Gasteiger partial charge in [0.25, 0.3) is 0 Å². The number of nitrogens with zero attached hydrogens (tertiary/aromatic N) is 4. The van der Waals surface area contributed by atoms with Crippen molar-refractivity contribution in [1.82, 2.24) is 19.5 Å². The lowest BCUT2D eigenvalue weighted by Gasteiger charge is -2.33. The Bertz CT molecular complexity index is 1490. The molecule has 1 saturated heterocycles. The summed E-state index contributed by atoms with van der Waals surface area (Å²) in [4.78, 5) is 9.22. The fraction of sp³-hybridized carbons (Fsp3) is 0.333. The minimum atomic E-state index is -0.895. The first kappa shape index (κ1) is 24.9. The number of hydrogen-bond acceptors (Lipinski definition) is 7. The molecule has 0 bridgehead atoms. The van der Waals surface area contributed by atoms with Crippen LogP contribution in [0, 0.1) is 17.6 Å². The first-order valence-electron chi connectivity index (χ1n) is 12.1. The second kappa shape index (κ2) is 9.95. The van der Waals surface area contributed by atoms with Gasteiger partial charge in [0.05, 0.1) is 29.9 Å². The van der Waals surface area contributed by atoms with Gasteiger partial charge in [-0.1, -0.05) is 12.1 Å². The maximum absolute atomic E-state index is 15.5. The molecular weight excluding hydrogens is 478 g/mol. The SMILES string of the molecule is COc1nccc2c3ncc(C(=C(C)N)N(C)N)cc3n(C(c3cccc(F)c3F)C3CCOCC3)c12. The van der Waals surface area contributed by atoms with Crippen molar-refractivity contribution in [3.05, 3.63) is 71.2 Å². The normalized spacial score (nSPS) is 16.2. The predicted molar refractivity (Wildman–Crippen MR) is 138 cm³/mol. The molecule has 1 unspecified atom stereocenters. The first-order chi connectivity index (χ1) is 17.8. The summed E-state index contributed by atoms with van der Waals surface area (Å²) in [5.41, 5.74) is 10.3. The van der Waals surface area contributed by atoms with Crippen LogP contribution in [0.5, 0.6) is 5.88 Å². The molecule has 1 aliphatic rings. The topological polar surface area (TPSA) is 104 Å². The zero-order valence-corrected chi connectivity index (χ0v) is 21.0. The van der Waals surface area contributed by atoms with Crippen LogP contribution >= 0.6 is 0 Å². The monoisotopic (exact) mass is 508 g/mol. The van der Waals surface area contributed by atoms with Gasteiger partial charge in [0.2, 0.25) is 5.88 Å². The van der Waals surface area contributed by atoms with Crippen molar-refractivity contribution in [3.8, 4) is 5.88 Å². The molecule has 0 spiro atoms. The van der Waals surface area contributed by atoms with Gasteiger partial charge in [-0.3, -0.25) is 4.98 Å². The molecule has 0 amide bonds. The fourth-order valence-corrected chi connectivity index (χ4v) is 5.49. The summed E-state index contributed by atoms with van der Waals surface area (Å²) in [7, 11) is 3.24. The van der Waals surface area contributed by atoms with Gasteiger partial charge >= 0.3 is 0 Å². The van der Waals surface area contributed by atoms with Crippen LogP contribution in [0.25, 0.3) is 27.6 Å². The smallest absolute Gasteiger partial charge is 0.238 e. The number of rotatable bonds is 6. The largest absolute Gasteiger partial charge is 0.479 e. The molecule has 4 N–H and O–H groups in total. The summed E-state index contributed by atoms with van der Waals surface area (Å²) < 4.78 is 43.3. The van der Waals surface area contributed by atoms with E-state index in [1.54, 1.807) is 32.4 Å². The van der Waals surface area contributed by atoms with Gasteiger partial charge in [-0.2, -0.15) is 0 Å². The molecule has 5 rings (SSSR count). The molecule has 0 saturated carbocycles. The molecule has 4 aromatic rings. The highest BCUT2D eigenvalue weighted by Crippen LogP contribution is 2.43. The predicted octanol–water partition coefficient (Wildman–Crippen LogP) is 4.34. The maximum Gasteiger partial charge on any atom is 0.238 e. The lowest BCUT2D eigenvalue weighted by molar-refractivity contribution is 0.0547. The lowest BCUT2D eigenvalue weighted by Crippen LogP contribution is -2.28. The Morgan fingerprint density at radius 1 is 1.22 bits per heavy atom. The molecule has 0 radical (unpaired) electrons. The molecule has 8 nitrogen and oxygen atoms in total. The number of benzene rings is 1. The minimum absolute atomic E-state index is 0.0409. The second-order valence-electron chi connectivity index (χ2n) is 9.36. The summed E-state index contributed by atoms with van der Waals surface area (Å²) in [5, 5.41) is 2.23. The quantitative estimate of drug-likeness (QED) is 0.295. The summed E-state index contributed by atoms with van der Waals surface area (Å²) in [5.74, 6) is 4.66. The van der Waals surface area contributed by atoms with Crippen molar-refractivity contribution < 1.29 is 18.3 Å². The van der Waals surface area contributed by atoms with Crippen molar-refractivity contribution in [3.63, 3.8) is 0 Å². The van der Waals surface area contributed by atoms with Gasteiger partial charge in [0, 0.05) is 54.9 Å². The highest BCUT2D eigenvalue weighted by molar-refractivity contribution is 6.08. The summed E-state index contributed by atoms with van der Waals surface area (Å²) in [6.45, 7) is 2.83. The Morgan fingerprint density at radius 2 is 1.97 bits per heavy atom. The molecule has 1 aliphatic heterocycles. The third-order valence-corrected chi connectivity index (χ3v) is 7.00. The number of methoxy groups -OCH3 is 1. The van der Waals surface area contributed by atoms with E-state index >= 15 is 4.39 Å². The van der Waals surface area contributed by atoms with E-state index in [0.29, 0.717) is 65.4 Å². The number of hydrazine groups is 1. The number of nitrogens with two attached hydrogens (primary N) is 2. The van der Waals surface area contributed by atoms with Crippen molar-refractivity contribution in [2.45, 2.75) is 25.8 Å². The number of fused-ring (bicyclic) bond motifs is 3. The van der Waals surface area contributed by atoms with E-state index in [0.717, 1.165) is 11.5 Å². The van der Waals surface area contributed by atoms with Gasteiger partial charge in [0.15, 0.2) is 11.6 Å². The number of pyridine rings is 2. The standard InChI is InChI=1S/C27H30F2N6O2/c1-15(30)24(34(2)31)17-13-21-23(33-14-17)19-7-10-32-27(36-3)26(19)35(21)25(16-8-11-37-12-9-16)18-5-4-6-20(28)22(18)29/h4-7,10,13-14,16,25H,8-9,11-12,30-31H2,1-3H3. The van der Waals surface area contributed by atoms with E-state index < -0.39 is 17.7 Å². The molecule has 37 heavy (non-hydrogen) atoms. The Kier molecular flexibility index (Phi) is 6.70. The van der Waals surface area contributed by atoms with E-state index in [9.17, 15) is 4.39 Å². The number of hydrogen-bond donors (Lipinski definition) is 2. The average Bonchev–Trinajstić information content (AvgIpc) is 3.21. The molecule has 10 heteroatoms. The van der Waals surface area contributed by atoms with Crippen LogP contribution in [0.3, 0.4) is 0 Å². The fourth-order valence-electron chi connectivity index (χ4n) is 5.49. The highest BCUT2D eigenvalue weighted by Gasteiger charge is 2.34. The van der Waals surface area contributed by atoms with Gasteiger partial charge in [-0.05, 0) is 43.9 Å². The van der Waals surface area contributed by atoms with Crippen LogP contribution in [-0.4, -0.2) is 46.9 Å². The Balaban J connectivity index is 1.91. The van der Waals surface area contributed by atoms with Crippen molar-refractivity contribution >= 4 is 27.6 Å². The van der Waals surface area contributed by atoms with E-state index in [2.05, 4.69) is 4.98 Å². The van der Waals surface area contributed by atoms with Crippen LogP contribution < -0.4 is 16.3 Å². The Hall–Kier alpha value is -3.76. The summed E-state index contributed by atoms with van der Waals surface area (Å²) in [6, 6.07) is 7.52. The van der Waals surface area contributed by atoms with E-state index in [1.807, 2.05) is 16.7 Å². The van der Waals surface area contributed by atoms with Gasteiger partial charge in [0.1, 0.15) is 5.52 Å². The molecule has 1 aromatic carbocycles. The van der Waals surface area contributed by atoms with Crippen LogP contribution in [0.15, 0.2) is 48.4 Å². The van der Waals surface area contributed by atoms with Crippen LogP contribution in [0.4, 0.5) is 8.78 Å². The zero-order chi connectivity index (χ0) is 26.3. The second-order valence-corrected chi connectivity index (χ2v) is 9.36. The Morgan fingerprint density at radius 3 is 2.65 bits per heavy atom. The third-order valence-electron chi connectivity index (χ3n) is 7.00. The molecule has 4 heterocycles. The number of allylic oxidation sites excluding steroid dienone is 1. The van der Waals surface area contributed by atoms with Gasteiger partial charge < -0.3 is 24.8 Å². The maximum atomic E-state index is 15.5. The van der Waals surface area contributed by atoms with Gasteiger partial charge in [-0.15, -0.1) is 0 Å². The molecule has 0 aliphatic carbocycles. The van der Waals surface area contributed by atoms with E-state index in [4.69, 9.17) is 26.0 Å². The molecule has 1 fully saturated rings. The van der Waals surface area contributed by atoms with E-state index in [1.165, 1.54) is 18.2 Å². The van der Waals surface area contributed by atoms with Crippen molar-refractivity contribution in [2.24, 2.45) is 17.5 Å². The molecular formula is C27H30F2N6O2. The Labute approximate surface area is 213 Å². The third kappa shape index (κ3) is 4.25. The lowest BCUT2D eigenvalue weighted by atomic mass is 9.86.